The highest BCUT2D eigenvalue weighted by Gasteiger charge is 2.06. The number of rotatable bonds is 5. The van der Waals surface area contributed by atoms with E-state index < -0.39 is 11.6 Å². The topological polar surface area (TPSA) is 21.3 Å². The molecule has 0 aliphatic carbocycles. The third kappa shape index (κ3) is 3.92. The van der Waals surface area contributed by atoms with E-state index in [9.17, 15) is 8.78 Å². The molecular formula is C15H14ClF2NO. The molecule has 0 atom stereocenters. The van der Waals surface area contributed by atoms with Crippen LogP contribution in [-0.4, -0.2) is 6.54 Å². The van der Waals surface area contributed by atoms with Crippen LogP contribution in [0.5, 0.6) is 11.5 Å². The summed E-state index contributed by atoms with van der Waals surface area (Å²) in [6.07, 6.45) is 0. The number of hydrogen-bond acceptors (Lipinski definition) is 2. The predicted octanol–water partition coefficient (Wildman–Crippen LogP) is 4.52. The highest BCUT2D eigenvalue weighted by Crippen LogP contribution is 2.26. The molecular weight excluding hydrogens is 284 g/mol. The van der Waals surface area contributed by atoms with Crippen molar-refractivity contribution < 1.29 is 13.5 Å². The van der Waals surface area contributed by atoms with E-state index in [0.29, 0.717) is 12.3 Å². The molecule has 0 heterocycles. The van der Waals surface area contributed by atoms with Crippen LogP contribution in [0.1, 0.15) is 12.5 Å². The average molecular weight is 298 g/mol. The Hall–Kier alpha value is -1.65. The Kier molecular flexibility index (Phi) is 4.93. The zero-order chi connectivity index (χ0) is 14.5. The molecule has 1 N–H and O–H groups in total. The van der Waals surface area contributed by atoms with Crippen molar-refractivity contribution in [2.45, 2.75) is 13.5 Å². The van der Waals surface area contributed by atoms with Gasteiger partial charge in [-0.15, -0.1) is 0 Å². The van der Waals surface area contributed by atoms with Crippen molar-refractivity contribution in [1.82, 2.24) is 5.32 Å². The molecule has 0 saturated carbocycles. The van der Waals surface area contributed by atoms with Crippen LogP contribution in [0.15, 0.2) is 36.4 Å². The Bertz CT molecular complexity index is 604. The lowest BCUT2D eigenvalue weighted by atomic mass is 10.2. The molecule has 0 aliphatic rings. The second-order valence-electron chi connectivity index (χ2n) is 4.25. The van der Waals surface area contributed by atoms with E-state index in [0.717, 1.165) is 18.2 Å². The Morgan fingerprint density at radius 1 is 1.10 bits per heavy atom. The summed E-state index contributed by atoms with van der Waals surface area (Å²) in [6, 6.07) is 8.47. The minimum absolute atomic E-state index is 0.0180. The zero-order valence-corrected chi connectivity index (χ0v) is 11.7. The van der Waals surface area contributed by atoms with E-state index in [1.807, 2.05) is 6.92 Å². The second-order valence-corrected chi connectivity index (χ2v) is 4.66. The van der Waals surface area contributed by atoms with Gasteiger partial charge in [0.2, 0.25) is 0 Å². The molecule has 0 spiro atoms. The summed E-state index contributed by atoms with van der Waals surface area (Å²) in [5.74, 6) is -0.384. The third-order valence-electron chi connectivity index (χ3n) is 2.64. The summed E-state index contributed by atoms with van der Waals surface area (Å²) < 4.78 is 32.3. The van der Waals surface area contributed by atoms with Crippen LogP contribution in [0.25, 0.3) is 0 Å². The Balaban J connectivity index is 2.19. The first-order valence-electron chi connectivity index (χ1n) is 6.21. The van der Waals surface area contributed by atoms with E-state index in [1.165, 1.54) is 24.3 Å². The molecule has 0 unspecified atom stereocenters. The molecule has 5 heteroatoms. The van der Waals surface area contributed by atoms with Crippen LogP contribution in [0.2, 0.25) is 5.02 Å². The summed E-state index contributed by atoms with van der Waals surface area (Å²) >= 11 is 5.59. The highest BCUT2D eigenvalue weighted by atomic mass is 35.5. The number of benzene rings is 2. The molecule has 0 aromatic heterocycles. The van der Waals surface area contributed by atoms with E-state index in [4.69, 9.17) is 16.3 Å². The van der Waals surface area contributed by atoms with Gasteiger partial charge in [-0.05, 0) is 36.4 Å². The molecule has 0 radical (unpaired) electrons. The molecule has 0 fully saturated rings. The minimum Gasteiger partial charge on any atom is -0.457 e. The Morgan fingerprint density at radius 2 is 1.90 bits per heavy atom. The molecule has 0 amide bonds. The van der Waals surface area contributed by atoms with Gasteiger partial charge >= 0.3 is 0 Å². The summed E-state index contributed by atoms with van der Waals surface area (Å²) in [7, 11) is 0. The van der Waals surface area contributed by atoms with Gasteiger partial charge in [0.1, 0.15) is 23.1 Å². The predicted molar refractivity (Wildman–Crippen MR) is 75.3 cm³/mol. The van der Waals surface area contributed by atoms with Crippen molar-refractivity contribution >= 4 is 11.6 Å². The van der Waals surface area contributed by atoms with E-state index in [1.54, 1.807) is 6.07 Å². The smallest absolute Gasteiger partial charge is 0.145 e. The molecule has 2 aromatic carbocycles. The fourth-order valence-electron chi connectivity index (χ4n) is 1.73. The van der Waals surface area contributed by atoms with Crippen molar-refractivity contribution in [3.8, 4) is 11.5 Å². The summed E-state index contributed by atoms with van der Waals surface area (Å²) in [5, 5.41) is 3.12. The monoisotopic (exact) mass is 297 g/mol. The molecule has 0 aliphatic heterocycles. The fourth-order valence-corrected chi connectivity index (χ4v) is 1.85. The van der Waals surface area contributed by atoms with Gasteiger partial charge in [0.25, 0.3) is 0 Å². The summed E-state index contributed by atoms with van der Waals surface area (Å²) in [6.45, 7) is 3.29. The van der Waals surface area contributed by atoms with Gasteiger partial charge in [0.05, 0.1) is 5.02 Å². The SMILES string of the molecule is CCNCc1cc(F)cc(Oc2ccc(Cl)c(F)c2)c1. The number of ether oxygens (including phenoxy) is 1. The van der Waals surface area contributed by atoms with Crippen LogP contribution < -0.4 is 10.1 Å². The quantitative estimate of drug-likeness (QED) is 0.876. The van der Waals surface area contributed by atoms with Gasteiger partial charge in [0, 0.05) is 18.7 Å². The van der Waals surface area contributed by atoms with Gasteiger partial charge in [0.15, 0.2) is 0 Å². The maximum Gasteiger partial charge on any atom is 0.145 e. The largest absolute Gasteiger partial charge is 0.457 e. The number of nitrogens with one attached hydrogen (secondary N) is 1. The molecule has 2 aromatic rings. The molecule has 0 bridgehead atoms. The number of hydrogen-bond donors (Lipinski definition) is 1. The lowest BCUT2D eigenvalue weighted by molar-refractivity contribution is 0.470. The van der Waals surface area contributed by atoms with Crippen LogP contribution in [-0.2, 0) is 6.54 Å². The lowest BCUT2D eigenvalue weighted by Gasteiger charge is -2.09. The zero-order valence-electron chi connectivity index (χ0n) is 10.9. The Labute approximate surface area is 121 Å². The van der Waals surface area contributed by atoms with Gasteiger partial charge < -0.3 is 10.1 Å². The lowest BCUT2D eigenvalue weighted by Crippen LogP contribution is -2.11. The Morgan fingerprint density at radius 3 is 2.60 bits per heavy atom. The molecule has 0 saturated heterocycles. The maximum absolute atomic E-state index is 13.5. The summed E-state index contributed by atoms with van der Waals surface area (Å²) in [5.41, 5.74) is 0.760. The molecule has 2 nitrogen and oxygen atoms in total. The minimum atomic E-state index is -0.576. The van der Waals surface area contributed by atoms with Crippen LogP contribution in [0.3, 0.4) is 0 Å². The molecule has 106 valence electrons. The van der Waals surface area contributed by atoms with E-state index in [2.05, 4.69) is 5.32 Å². The van der Waals surface area contributed by atoms with Crippen LogP contribution in [0.4, 0.5) is 8.78 Å². The van der Waals surface area contributed by atoms with Crippen molar-refractivity contribution in [1.29, 1.82) is 0 Å². The fraction of sp³-hybridized carbons (Fsp3) is 0.200. The molecule has 2 rings (SSSR count). The van der Waals surface area contributed by atoms with Crippen molar-refractivity contribution in [3.05, 3.63) is 58.6 Å². The van der Waals surface area contributed by atoms with E-state index in [-0.39, 0.29) is 10.8 Å². The van der Waals surface area contributed by atoms with E-state index >= 15 is 0 Å². The van der Waals surface area contributed by atoms with Crippen LogP contribution in [0, 0.1) is 11.6 Å². The standard InChI is InChI=1S/C15H14ClF2NO/c1-2-19-9-10-5-11(17)7-13(6-10)20-12-3-4-14(16)15(18)8-12/h3-8,19H,2,9H2,1H3. The van der Waals surface area contributed by atoms with Gasteiger partial charge in [-0.3, -0.25) is 0 Å². The summed E-state index contributed by atoms with van der Waals surface area (Å²) in [4.78, 5) is 0. The number of halogens is 3. The molecule has 20 heavy (non-hydrogen) atoms. The van der Waals surface area contributed by atoms with Gasteiger partial charge in [-0.2, -0.15) is 0 Å². The maximum atomic E-state index is 13.5. The van der Waals surface area contributed by atoms with Crippen LogP contribution >= 0.6 is 11.6 Å². The van der Waals surface area contributed by atoms with Gasteiger partial charge in [-0.1, -0.05) is 18.5 Å². The second kappa shape index (κ2) is 6.68. The van der Waals surface area contributed by atoms with Crippen molar-refractivity contribution in [2.24, 2.45) is 0 Å². The van der Waals surface area contributed by atoms with Gasteiger partial charge in [-0.25, -0.2) is 8.78 Å². The van der Waals surface area contributed by atoms with Crippen molar-refractivity contribution in [2.75, 3.05) is 6.54 Å². The first-order chi connectivity index (χ1) is 9.58. The first kappa shape index (κ1) is 14.8. The van der Waals surface area contributed by atoms with Crippen molar-refractivity contribution in [3.63, 3.8) is 0 Å². The first-order valence-corrected chi connectivity index (χ1v) is 6.59. The normalized spacial score (nSPS) is 10.6. The third-order valence-corrected chi connectivity index (χ3v) is 2.94. The average Bonchev–Trinajstić information content (AvgIpc) is 2.40. The highest BCUT2D eigenvalue weighted by molar-refractivity contribution is 6.30.